The van der Waals surface area contributed by atoms with Gasteiger partial charge in [-0.15, -0.1) is 0 Å². The van der Waals surface area contributed by atoms with E-state index in [1.54, 1.807) is 12.0 Å². The monoisotopic (exact) mass is 318 g/mol. The van der Waals surface area contributed by atoms with E-state index in [2.05, 4.69) is 0 Å². The molecule has 23 heavy (non-hydrogen) atoms. The summed E-state index contributed by atoms with van der Waals surface area (Å²) in [5.41, 5.74) is 2.43. The second-order valence-electron chi connectivity index (χ2n) is 6.18. The van der Waals surface area contributed by atoms with E-state index < -0.39 is 0 Å². The minimum atomic E-state index is -0.380. The molecular weight excluding hydrogens is 296 g/mol. The molecule has 1 saturated heterocycles. The maximum Gasteiger partial charge on any atom is 0.414 e. The highest BCUT2D eigenvalue weighted by atomic mass is 16.6. The van der Waals surface area contributed by atoms with Crippen LogP contribution >= 0.6 is 0 Å². The third kappa shape index (κ3) is 3.38. The first kappa shape index (κ1) is 16.0. The Labute approximate surface area is 135 Å². The molecule has 1 heterocycles. The van der Waals surface area contributed by atoms with Gasteiger partial charge < -0.3 is 20.0 Å². The molecule has 2 aliphatic rings. The zero-order valence-electron chi connectivity index (χ0n) is 13.2. The van der Waals surface area contributed by atoms with Crippen molar-refractivity contribution in [2.24, 2.45) is 0 Å². The molecule has 0 bridgehead atoms. The predicted molar refractivity (Wildman–Crippen MR) is 86.3 cm³/mol. The van der Waals surface area contributed by atoms with Gasteiger partial charge in [-0.05, 0) is 30.5 Å². The van der Waals surface area contributed by atoms with E-state index in [4.69, 9.17) is 14.9 Å². The van der Waals surface area contributed by atoms with Crippen LogP contribution in [0.25, 0.3) is 0 Å². The molecule has 6 nitrogen and oxygen atoms in total. The third-order valence-corrected chi connectivity index (χ3v) is 4.50. The van der Waals surface area contributed by atoms with E-state index in [0.717, 1.165) is 24.1 Å². The first-order valence-electron chi connectivity index (χ1n) is 7.91. The largest absolute Gasteiger partial charge is 0.441 e. The van der Waals surface area contributed by atoms with Crippen LogP contribution in [0.3, 0.4) is 0 Å². The molecule has 1 aromatic rings. The number of anilines is 1. The van der Waals surface area contributed by atoms with Crippen LogP contribution in [0.4, 0.5) is 10.5 Å². The molecule has 1 amide bonds. The molecule has 0 radical (unpaired) electrons. The highest BCUT2D eigenvalue weighted by Gasteiger charge is 2.32. The summed E-state index contributed by atoms with van der Waals surface area (Å²) in [7, 11) is 1.58. The number of carbonyl (C=O) groups excluding carboxylic acids is 1. The normalized spacial score (nSPS) is 28.1. The van der Waals surface area contributed by atoms with Crippen molar-refractivity contribution in [1.82, 2.24) is 0 Å². The van der Waals surface area contributed by atoms with Gasteiger partial charge in [0.2, 0.25) is 0 Å². The highest BCUT2D eigenvalue weighted by molar-refractivity contribution is 5.91. The van der Waals surface area contributed by atoms with Gasteiger partial charge >= 0.3 is 6.09 Å². The Morgan fingerprint density at radius 1 is 1.35 bits per heavy atom. The van der Waals surface area contributed by atoms with Gasteiger partial charge in [0.25, 0.3) is 0 Å². The first-order valence-corrected chi connectivity index (χ1v) is 7.91. The van der Waals surface area contributed by atoms with E-state index in [9.17, 15) is 9.90 Å². The summed E-state index contributed by atoms with van der Waals surface area (Å²) >= 11 is 0. The highest BCUT2D eigenvalue weighted by Crippen LogP contribution is 2.32. The van der Waals surface area contributed by atoms with Gasteiger partial charge in [0, 0.05) is 30.8 Å². The van der Waals surface area contributed by atoms with Crippen LogP contribution in [0, 0.1) is 5.41 Å². The van der Waals surface area contributed by atoms with Crippen LogP contribution < -0.4 is 4.90 Å². The van der Waals surface area contributed by atoms with Crippen LogP contribution in [0.5, 0.6) is 0 Å². The second kappa shape index (κ2) is 6.68. The van der Waals surface area contributed by atoms with E-state index in [-0.39, 0.29) is 24.2 Å². The van der Waals surface area contributed by atoms with Crippen LogP contribution in [0.15, 0.2) is 24.3 Å². The zero-order valence-corrected chi connectivity index (χ0v) is 13.2. The molecule has 3 atom stereocenters. The Bertz CT molecular complexity index is 587. The Morgan fingerprint density at radius 2 is 2.09 bits per heavy atom. The number of methoxy groups -OCH3 is 1. The van der Waals surface area contributed by atoms with Crippen molar-refractivity contribution in [3.05, 3.63) is 29.8 Å². The van der Waals surface area contributed by atoms with Crippen molar-refractivity contribution in [1.29, 1.82) is 5.41 Å². The molecule has 1 aromatic carbocycles. The Balaban J connectivity index is 1.70. The van der Waals surface area contributed by atoms with Crippen LogP contribution in [0.2, 0.25) is 0 Å². The Hall–Kier alpha value is -1.92. The third-order valence-electron chi connectivity index (χ3n) is 4.50. The number of carbonyl (C=O) groups is 1. The lowest BCUT2D eigenvalue weighted by Gasteiger charge is -2.27. The van der Waals surface area contributed by atoms with Crippen molar-refractivity contribution in [3.63, 3.8) is 0 Å². The number of aliphatic hydroxyl groups excluding tert-OH is 1. The summed E-state index contributed by atoms with van der Waals surface area (Å²) in [5, 5.41) is 17.7. The fraction of sp³-hybridized carbons (Fsp3) is 0.529. The molecule has 1 aliphatic heterocycles. The molecular formula is C17H22N2O4. The second-order valence-corrected chi connectivity index (χ2v) is 6.18. The summed E-state index contributed by atoms with van der Waals surface area (Å²) in [4.78, 5) is 13.5. The minimum absolute atomic E-state index is 0.0687. The molecule has 3 rings (SSSR count). The smallest absolute Gasteiger partial charge is 0.414 e. The summed E-state index contributed by atoms with van der Waals surface area (Å²) in [6.07, 6.45) is 1.000. The molecule has 1 saturated carbocycles. The van der Waals surface area contributed by atoms with Crippen molar-refractivity contribution < 1.29 is 19.4 Å². The van der Waals surface area contributed by atoms with Crippen molar-refractivity contribution in [2.45, 2.75) is 37.4 Å². The maximum atomic E-state index is 11.9. The summed E-state index contributed by atoms with van der Waals surface area (Å²) in [6, 6.07) is 7.71. The fourth-order valence-corrected chi connectivity index (χ4v) is 3.29. The lowest BCUT2D eigenvalue weighted by atomic mass is 9.81. The summed E-state index contributed by atoms with van der Waals surface area (Å²) < 4.78 is 10.3. The number of rotatable bonds is 4. The fourth-order valence-electron chi connectivity index (χ4n) is 3.29. The van der Waals surface area contributed by atoms with Gasteiger partial charge in [0.15, 0.2) is 0 Å². The number of nitrogens with one attached hydrogen (secondary N) is 1. The van der Waals surface area contributed by atoms with Gasteiger partial charge in [-0.3, -0.25) is 4.90 Å². The van der Waals surface area contributed by atoms with Gasteiger partial charge in [0.1, 0.15) is 6.10 Å². The zero-order chi connectivity index (χ0) is 16.4. The number of cyclic esters (lactones) is 1. The molecule has 3 unspecified atom stereocenters. The number of aliphatic hydroxyl groups is 1. The quantitative estimate of drug-likeness (QED) is 0.892. The lowest BCUT2D eigenvalue weighted by Crippen LogP contribution is -2.27. The molecule has 0 aromatic heterocycles. The maximum absolute atomic E-state index is 11.9. The van der Waals surface area contributed by atoms with Crippen LogP contribution in [-0.4, -0.2) is 49.4 Å². The topological polar surface area (TPSA) is 82.9 Å². The Kier molecular flexibility index (Phi) is 4.63. The van der Waals surface area contributed by atoms with Crippen molar-refractivity contribution in [3.8, 4) is 0 Å². The standard InChI is InChI=1S/C17H22N2O4/c1-22-10-14-9-19(17(21)23-14)12-4-2-11(3-5-12)15-7-6-13(20)8-16(15)18/h2-5,13-15,18,20H,6-10H2,1H3. The minimum Gasteiger partial charge on any atom is -0.441 e. The van der Waals surface area contributed by atoms with Crippen LogP contribution in [-0.2, 0) is 9.47 Å². The number of amides is 1. The summed E-state index contributed by atoms with van der Waals surface area (Å²) in [6.45, 7) is 0.874. The molecule has 6 heteroatoms. The number of nitrogens with zero attached hydrogens (tertiary/aromatic N) is 1. The average molecular weight is 318 g/mol. The predicted octanol–water partition coefficient (Wildman–Crippen LogP) is 2.31. The molecule has 2 fully saturated rings. The molecule has 1 aliphatic carbocycles. The van der Waals surface area contributed by atoms with E-state index in [1.165, 1.54) is 0 Å². The van der Waals surface area contributed by atoms with E-state index in [1.807, 2.05) is 24.3 Å². The first-order chi connectivity index (χ1) is 11.1. The average Bonchev–Trinajstić information content (AvgIpc) is 2.89. The molecule has 124 valence electrons. The van der Waals surface area contributed by atoms with Crippen molar-refractivity contribution in [2.75, 3.05) is 25.2 Å². The lowest BCUT2D eigenvalue weighted by molar-refractivity contribution is 0.0718. The molecule has 0 spiro atoms. The van der Waals surface area contributed by atoms with E-state index in [0.29, 0.717) is 25.3 Å². The Morgan fingerprint density at radius 3 is 2.74 bits per heavy atom. The molecule has 2 N–H and O–H groups in total. The van der Waals surface area contributed by atoms with Gasteiger partial charge in [-0.2, -0.15) is 0 Å². The number of hydrogen-bond donors (Lipinski definition) is 2. The number of benzene rings is 1. The summed E-state index contributed by atoms with van der Waals surface area (Å²) in [5.74, 6) is 0.0687. The number of ether oxygens (including phenoxy) is 2. The van der Waals surface area contributed by atoms with Crippen LogP contribution in [0.1, 0.15) is 30.7 Å². The van der Waals surface area contributed by atoms with Crippen molar-refractivity contribution >= 4 is 17.5 Å². The van der Waals surface area contributed by atoms with E-state index >= 15 is 0 Å². The van der Waals surface area contributed by atoms with Gasteiger partial charge in [0.05, 0.1) is 19.3 Å². The van der Waals surface area contributed by atoms with Gasteiger partial charge in [-0.1, -0.05) is 12.1 Å². The van der Waals surface area contributed by atoms with Gasteiger partial charge in [-0.25, -0.2) is 4.79 Å². The number of hydrogen-bond acceptors (Lipinski definition) is 5. The SMILES string of the molecule is COCC1CN(c2ccc(C3CCC(O)CC3=N)cc2)C(=O)O1.